The fourth-order valence-electron chi connectivity index (χ4n) is 3.01. The molecule has 0 saturated carbocycles. The van der Waals surface area contributed by atoms with Gasteiger partial charge in [-0.3, -0.25) is 4.40 Å². The molecule has 0 aliphatic heterocycles. The molecule has 0 aliphatic carbocycles. The standard InChI is InChI=1S/C19H19N3O/c1-19(2,3)18-21-15-11-12(23-4)9-10-13(15)17-20-14-7-5-6-8-16(14)22(17)18/h5-11H,1-4H3. The van der Waals surface area contributed by atoms with Crippen molar-refractivity contribution in [3.8, 4) is 5.75 Å². The molecule has 0 bridgehead atoms. The van der Waals surface area contributed by atoms with Gasteiger partial charge >= 0.3 is 0 Å². The number of aromatic nitrogens is 3. The first-order valence-corrected chi connectivity index (χ1v) is 7.74. The second-order valence-corrected chi connectivity index (χ2v) is 6.83. The largest absolute Gasteiger partial charge is 0.497 e. The SMILES string of the molecule is COc1ccc2c(c1)nc(C(C)(C)C)n1c3ccccc3nc21. The topological polar surface area (TPSA) is 39.4 Å². The summed E-state index contributed by atoms with van der Waals surface area (Å²) >= 11 is 0. The molecule has 0 saturated heterocycles. The van der Waals surface area contributed by atoms with Gasteiger partial charge in [-0.25, -0.2) is 9.97 Å². The molecule has 0 amide bonds. The number of methoxy groups -OCH3 is 1. The molecule has 2 aromatic carbocycles. The quantitative estimate of drug-likeness (QED) is 0.525. The van der Waals surface area contributed by atoms with E-state index in [1.54, 1.807) is 7.11 Å². The van der Waals surface area contributed by atoms with E-state index >= 15 is 0 Å². The summed E-state index contributed by atoms with van der Waals surface area (Å²) in [4.78, 5) is 9.80. The van der Waals surface area contributed by atoms with Crippen molar-refractivity contribution in [1.82, 2.24) is 14.4 Å². The molecular formula is C19H19N3O. The zero-order valence-electron chi connectivity index (χ0n) is 13.8. The van der Waals surface area contributed by atoms with Crippen LogP contribution < -0.4 is 4.74 Å². The maximum Gasteiger partial charge on any atom is 0.148 e. The third kappa shape index (κ3) is 2.05. The Bertz CT molecular complexity index is 1040. The molecule has 0 unspecified atom stereocenters. The van der Waals surface area contributed by atoms with Gasteiger partial charge in [0.2, 0.25) is 0 Å². The molecule has 4 nitrogen and oxygen atoms in total. The Balaban J connectivity index is 2.26. The normalized spacial score (nSPS) is 12.3. The van der Waals surface area contributed by atoms with E-state index in [9.17, 15) is 0 Å². The van der Waals surface area contributed by atoms with Gasteiger partial charge in [0.15, 0.2) is 0 Å². The first-order valence-electron chi connectivity index (χ1n) is 7.74. The third-order valence-corrected chi connectivity index (χ3v) is 4.12. The summed E-state index contributed by atoms with van der Waals surface area (Å²) in [7, 11) is 1.67. The van der Waals surface area contributed by atoms with Crippen molar-refractivity contribution in [2.45, 2.75) is 26.2 Å². The van der Waals surface area contributed by atoms with Crippen LogP contribution in [0.2, 0.25) is 0 Å². The van der Waals surface area contributed by atoms with Crippen molar-refractivity contribution in [3.05, 3.63) is 48.3 Å². The van der Waals surface area contributed by atoms with E-state index in [-0.39, 0.29) is 5.41 Å². The predicted octanol–water partition coefficient (Wildman–Crippen LogP) is 4.34. The first kappa shape index (κ1) is 14.0. The van der Waals surface area contributed by atoms with Crippen LogP contribution in [0.15, 0.2) is 42.5 Å². The number of fused-ring (bicyclic) bond motifs is 5. The summed E-state index contributed by atoms with van der Waals surface area (Å²) < 4.78 is 7.54. The lowest BCUT2D eigenvalue weighted by atomic mass is 9.95. The number of rotatable bonds is 1. The Morgan fingerprint density at radius 1 is 0.957 bits per heavy atom. The molecule has 0 aliphatic rings. The zero-order chi connectivity index (χ0) is 16.2. The van der Waals surface area contributed by atoms with E-state index in [4.69, 9.17) is 14.7 Å². The molecule has 116 valence electrons. The molecule has 0 N–H and O–H groups in total. The molecule has 23 heavy (non-hydrogen) atoms. The first-order chi connectivity index (χ1) is 11.0. The Morgan fingerprint density at radius 3 is 2.48 bits per heavy atom. The second kappa shape index (κ2) is 4.69. The van der Waals surface area contributed by atoms with Gasteiger partial charge in [-0.15, -0.1) is 0 Å². The van der Waals surface area contributed by atoms with Crippen LogP contribution in [-0.4, -0.2) is 21.5 Å². The Kier molecular flexibility index (Phi) is 2.85. The minimum atomic E-state index is -0.0982. The lowest BCUT2D eigenvalue weighted by Gasteiger charge is -2.20. The molecular weight excluding hydrogens is 286 g/mol. The van der Waals surface area contributed by atoms with Gasteiger partial charge in [-0.1, -0.05) is 32.9 Å². The summed E-state index contributed by atoms with van der Waals surface area (Å²) in [6, 6.07) is 14.2. The van der Waals surface area contributed by atoms with Gasteiger partial charge in [0, 0.05) is 16.9 Å². The van der Waals surface area contributed by atoms with Crippen LogP contribution in [0.25, 0.3) is 27.6 Å². The highest BCUT2D eigenvalue weighted by molar-refractivity contribution is 5.97. The third-order valence-electron chi connectivity index (χ3n) is 4.12. The highest BCUT2D eigenvalue weighted by Gasteiger charge is 2.23. The van der Waals surface area contributed by atoms with Crippen molar-refractivity contribution in [3.63, 3.8) is 0 Å². The molecule has 0 radical (unpaired) electrons. The number of imidazole rings is 1. The monoisotopic (exact) mass is 305 g/mol. The van der Waals surface area contributed by atoms with Crippen molar-refractivity contribution >= 4 is 27.6 Å². The molecule has 4 rings (SSSR count). The molecule has 0 fully saturated rings. The minimum Gasteiger partial charge on any atom is -0.497 e. The van der Waals surface area contributed by atoms with Crippen LogP contribution in [0.4, 0.5) is 0 Å². The lowest BCUT2D eigenvalue weighted by molar-refractivity contribution is 0.415. The van der Waals surface area contributed by atoms with E-state index in [0.29, 0.717) is 0 Å². The average Bonchev–Trinajstić information content (AvgIpc) is 2.92. The second-order valence-electron chi connectivity index (χ2n) is 6.83. The minimum absolute atomic E-state index is 0.0982. The Morgan fingerprint density at radius 2 is 1.74 bits per heavy atom. The highest BCUT2D eigenvalue weighted by Crippen LogP contribution is 2.31. The van der Waals surface area contributed by atoms with Crippen molar-refractivity contribution in [2.24, 2.45) is 0 Å². The maximum absolute atomic E-state index is 5.35. The number of hydrogen-bond donors (Lipinski definition) is 0. The summed E-state index contributed by atoms with van der Waals surface area (Å²) in [6.45, 7) is 6.53. The molecule has 2 heterocycles. The number of ether oxygens (including phenoxy) is 1. The average molecular weight is 305 g/mol. The molecule has 4 heteroatoms. The van der Waals surface area contributed by atoms with Crippen LogP contribution in [0, 0.1) is 0 Å². The summed E-state index contributed by atoms with van der Waals surface area (Å²) in [5.74, 6) is 1.81. The van der Waals surface area contributed by atoms with Gasteiger partial charge in [-0.05, 0) is 24.3 Å². The van der Waals surface area contributed by atoms with Crippen LogP contribution in [0.5, 0.6) is 5.75 Å². The molecule has 0 atom stereocenters. The van der Waals surface area contributed by atoms with Crippen LogP contribution in [0.3, 0.4) is 0 Å². The molecule has 0 spiro atoms. The van der Waals surface area contributed by atoms with Crippen LogP contribution >= 0.6 is 0 Å². The molecule has 4 aromatic rings. The van der Waals surface area contributed by atoms with Gasteiger partial charge in [0.05, 0.1) is 23.7 Å². The van der Waals surface area contributed by atoms with Crippen molar-refractivity contribution in [1.29, 1.82) is 0 Å². The van der Waals surface area contributed by atoms with Crippen LogP contribution in [-0.2, 0) is 5.41 Å². The van der Waals surface area contributed by atoms with E-state index in [0.717, 1.165) is 39.2 Å². The van der Waals surface area contributed by atoms with Gasteiger partial charge in [0.25, 0.3) is 0 Å². The van der Waals surface area contributed by atoms with Crippen LogP contribution in [0.1, 0.15) is 26.6 Å². The lowest BCUT2D eigenvalue weighted by Crippen LogP contribution is -2.19. The van der Waals surface area contributed by atoms with Crippen molar-refractivity contribution < 1.29 is 4.74 Å². The van der Waals surface area contributed by atoms with E-state index < -0.39 is 0 Å². The van der Waals surface area contributed by atoms with Gasteiger partial charge in [-0.2, -0.15) is 0 Å². The summed E-state index contributed by atoms with van der Waals surface area (Å²) in [6.07, 6.45) is 0. The van der Waals surface area contributed by atoms with E-state index in [1.165, 1.54) is 0 Å². The van der Waals surface area contributed by atoms with E-state index in [2.05, 4.69) is 31.2 Å². The predicted molar refractivity (Wildman–Crippen MR) is 93.3 cm³/mol. The number of para-hydroxylation sites is 2. The van der Waals surface area contributed by atoms with Gasteiger partial charge < -0.3 is 4.74 Å². The fourth-order valence-corrected chi connectivity index (χ4v) is 3.01. The number of hydrogen-bond acceptors (Lipinski definition) is 3. The number of benzene rings is 2. The maximum atomic E-state index is 5.35. The molecule has 2 aromatic heterocycles. The smallest absolute Gasteiger partial charge is 0.148 e. The summed E-state index contributed by atoms with van der Waals surface area (Å²) in [5, 5.41) is 1.04. The number of nitrogens with zero attached hydrogens (tertiary/aromatic N) is 3. The Hall–Kier alpha value is -2.62. The van der Waals surface area contributed by atoms with Gasteiger partial charge in [0.1, 0.15) is 17.2 Å². The highest BCUT2D eigenvalue weighted by atomic mass is 16.5. The fraction of sp³-hybridized carbons (Fsp3) is 0.263. The van der Waals surface area contributed by atoms with Crippen molar-refractivity contribution in [2.75, 3.05) is 7.11 Å². The zero-order valence-corrected chi connectivity index (χ0v) is 13.8. The summed E-state index contributed by atoms with van der Waals surface area (Å²) in [5.41, 5.74) is 3.85. The van der Waals surface area contributed by atoms with E-state index in [1.807, 2.05) is 36.4 Å². The Labute approximate surface area is 134 Å².